The van der Waals surface area contributed by atoms with Gasteiger partial charge in [-0.25, -0.2) is 0 Å². The normalized spacial score (nSPS) is 21.7. The summed E-state index contributed by atoms with van der Waals surface area (Å²) in [6.45, 7) is 4.59. The summed E-state index contributed by atoms with van der Waals surface area (Å²) in [7, 11) is 0. The molecule has 19 heavy (non-hydrogen) atoms. The Morgan fingerprint density at radius 3 is 2.68 bits per heavy atom. The summed E-state index contributed by atoms with van der Waals surface area (Å²) in [5.74, 6) is 0.766. The van der Waals surface area contributed by atoms with Gasteiger partial charge in [0.15, 0.2) is 11.5 Å². The van der Waals surface area contributed by atoms with Gasteiger partial charge < -0.3 is 25.0 Å². The number of hydrogen-bond acceptors (Lipinski definition) is 5. The van der Waals surface area contributed by atoms with E-state index < -0.39 is 5.60 Å². The van der Waals surface area contributed by atoms with E-state index in [1.165, 1.54) is 6.07 Å². The number of ether oxygens (including phenoxy) is 2. The molecule has 0 aliphatic carbocycles. The maximum atomic E-state index is 10.4. The number of fused-ring (bicyclic) bond motifs is 1. The summed E-state index contributed by atoms with van der Waals surface area (Å²) >= 11 is 0. The van der Waals surface area contributed by atoms with Crippen LogP contribution in [0, 0.1) is 0 Å². The van der Waals surface area contributed by atoms with Crippen molar-refractivity contribution in [1.82, 2.24) is 5.32 Å². The third-order valence-electron chi connectivity index (χ3n) is 2.78. The van der Waals surface area contributed by atoms with E-state index in [0.29, 0.717) is 12.3 Å². The van der Waals surface area contributed by atoms with Crippen LogP contribution in [0.2, 0.25) is 0 Å². The molecular formula is C13H20ClNO4. The molecule has 3 N–H and O–H groups in total. The van der Waals surface area contributed by atoms with E-state index >= 15 is 0 Å². The molecule has 6 heteroatoms. The molecule has 0 saturated heterocycles. The Kier molecular flexibility index (Phi) is 5.29. The van der Waals surface area contributed by atoms with Crippen LogP contribution < -0.4 is 14.8 Å². The van der Waals surface area contributed by atoms with Gasteiger partial charge in [-0.2, -0.15) is 0 Å². The highest BCUT2D eigenvalue weighted by atomic mass is 35.5. The molecule has 0 spiro atoms. The lowest BCUT2D eigenvalue weighted by atomic mass is 10.1. The quantitative estimate of drug-likeness (QED) is 0.783. The maximum Gasteiger partial charge on any atom is 0.203 e. The molecule has 0 aromatic heterocycles. The topological polar surface area (TPSA) is 71.0 Å². The second-order valence-corrected chi connectivity index (χ2v) is 4.94. The summed E-state index contributed by atoms with van der Waals surface area (Å²) in [5.41, 5.74) is -1.10. The highest BCUT2D eigenvalue weighted by Gasteiger charge is 2.33. The van der Waals surface area contributed by atoms with Gasteiger partial charge in [-0.1, -0.05) is 19.9 Å². The van der Waals surface area contributed by atoms with Gasteiger partial charge in [0.05, 0.1) is 0 Å². The van der Waals surface area contributed by atoms with Gasteiger partial charge in [-0.15, -0.1) is 12.4 Å². The highest BCUT2D eigenvalue weighted by Crippen LogP contribution is 2.38. The van der Waals surface area contributed by atoms with E-state index in [-0.39, 0.29) is 43.2 Å². The van der Waals surface area contributed by atoms with Crippen LogP contribution in [-0.2, 0) is 0 Å². The fourth-order valence-electron chi connectivity index (χ4n) is 1.72. The van der Waals surface area contributed by atoms with E-state index in [4.69, 9.17) is 9.47 Å². The van der Waals surface area contributed by atoms with Crippen LogP contribution in [0.4, 0.5) is 0 Å². The number of aromatic hydroxyl groups is 1. The Hall–Kier alpha value is -1.17. The number of benzene rings is 1. The average Bonchev–Trinajstić information content (AvgIpc) is 2.49. The van der Waals surface area contributed by atoms with E-state index in [0.717, 1.165) is 0 Å². The molecule has 1 atom stereocenters. The Morgan fingerprint density at radius 1 is 1.32 bits per heavy atom. The lowest BCUT2D eigenvalue weighted by molar-refractivity contribution is -0.0279. The summed E-state index contributed by atoms with van der Waals surface area (Å²) in [5, 5.41) is 23.2. The molecule has 0 bridgehead atoms. The molecular weight excluding hydrogens is 270 g/mol. The van der Waals surface area contributed by atoms with Crippen LogP contribution in [-0.4, -0.2) is 41.6 Å². The van der Waals surface area contributed by atoms with Gasteiger partial charge in [0, 0.05) is 12.6 Å². The highest BCUT2D eigenvalue weighted by molar-refractivity contribution is 5.85. The number of nitrogens with one attached hydrogen (secondary N) is 1. The first kappa shape index (κ1) is 15.9. The van der Waals surface area contributed by atoms with Crippen LogP contribution in [0.25, 0.3) is 0 Å². The first-order chi connectivity index (χ1) is 8.50. The van der Waals surface area contributed by atoms with E-state index in [1.807, 2.05) is 13.8 Å². The Labute approximate surface area is 118 Å². The molecule has 1 aromatic carbocycles. The van der Waals surface area contributed by atoms with Crippen molar-refractivity contribution in [3.05, 3.63) is 18.2 Å². The van der Waals surface area contributed by atoms with Gasteiger partial charge in [0.2, 0.25) is 5.75 Å². The molecule has 1 aromatic rings. The molecule has 0 fully saturated rings. The van der Waals surface area contributed by atoms with Crippen LogP contribution in [0.5, 0.6) is 17.2 Å². The summed E-state index contributed by atoms with van der Waals surface area (Å²) < 4.78 is 11.0. The van der Waals surface area contributed by atoms with Gasteiger partial charge in [0.25, 0.3) is 0 Å². The number of phenolic OH excluding ortho intramolecular Hbond substituents is 1. The molecule has 1 aliphatic rings. The van der Waals surface area contributed by atoms with Crippen molar-refractivity contribution in [2.75, 3.05) is 19.8 Å². The Balaban J connectivity index is 0.00000180. The van der Waals surface area contributed by atoms with Gasteiger partial charge in [-0.05, 0) is 12.1 Å². The zero-order chi connectivity index (χ0) is 13.2. The van der Waals surface area contributed by atoms with Crippen molar-refractivity contribution in [3.8, 4) is 17.2 Å². The smallest absolute Gasteiger partial charge is 0.203 e. The number of rotatable bonds is 3. The van der Waals surface area contributed by atoms with Crippen LogP contribution >= 0.6 is 12.4 Å². The maximum absolute atomic E-state index is 10.4. The molecule has 1 heterocycles. The average molecular weight is 290 g/mol. The van der Waals surface area contributed by atoms with Crippen molar-refractivity contribution in [2.24, 2.45) is 0 Å². The van der Waals surface area contributed by atoms with Crippen molar-refractivity contribution in [3.63, 3.8) is 0 Å². The zero-order valence-corrected chi connectivity index (χ0v) is 11.9. The van der Waals surface area contributed by atoms with Crippen molar-refractivity contribution < 1.29 is 19.7 Å². The predicted molar refractivity (Wildman–Crippen MR) is 74.4 cm³/mol. The summed E-state index contributed by atoms with van der Waals surface area (Å²) in [4.78, 5) is 0. The number of aliphatic hydroxyl groups is 1. The minimum Gasteiger partial charge on any atom is -0.504 e. The van der Waals surface area contributed by atoms with Gasteiger partial charge in [0.1, 0.15) is 18.8 Å². The minimum absolute atomic E-state index is 0. The lowest BCUT2D eigenvalue weighted by Crippen LogP contribution is -2.50. The zero-order valence-electron chi connectivity index (χ0n) is 11.0. The van der Waals surface area contributed by atoms with Crippen LogP contribution in [0.15, 0.2) is 18.2 Å². The number of para-hydroxylation sites is 1. The van der Waals surface area contributed by atoms with Gasteiger partial charge in [-0.3, -0.25) is 0 Å². The lowest BCUT2D eigenvalue weighted by Gasteiger charge is -2.26. The van der Waals surface area contributed by atoms with Crippen LogP contribution in [0.1, 0.15) is 13.8 Å². The standard InChI is InChI=1S/C13H19NO4.ClH/c1-9(2)14-6-13(16)7-17-11-5-3-4-10(15)12(11)18-8-13;/h3-5,9,14-16H,6-8H2,1-2H3;1H. The Morgan fingerprint density at radius 2 is 2.00 bits per heavy atom. The van der Waals surface area contributed by atoms with E-state index in [9.17, 15) is 10.2 Å². The Bertz CT molecular complexity index is 427. The molecule has 0 radical (unpaired) electrons. The number of phenols is 1. The monoisotopic (exact) mass is 289 g/mol. The van der Waals surface area contributed by atoms with Gasteiger partial charge >= 0.3 is 0 Å². The largest absolute Gasteiger partial charge is 0.504 e. The third kappa shape index (κ3) is 3.89. The predicted octanol–water partition coefficient (Wildman–Crippen LogP) is 1.31. The van der Waals surface area contributed by atoms with Crippen molar-refractivity contribution >= 4 is 12.4 Å². The SMILES string of the molecule is CC(C)NCC1(O)COc2cccc(O)c2OC1.Cl. The molecule has 2 rings (SSSR count). The second-order valence-electron chi connectivity index (χ2n) is 4.94. The second kappa shape index (κ2) is 6.32. The molecule has 1 unspecified atom stereocenters. The molecule has 108 valence electrons. The van der Waals surface area contributed by atoms with Crippen molar-refractivity contribution in [2.45, 2.75) is 25.5 Å². The number of hydrogen-bond donors (Lipinski definition) is 3. The molecule has 5 nitrogen and oxygen atoms in total. The minimum atomic E-state index is -1.10. The summed E-state index contributed by atoms with van der Waals surface area (Å²) in [6, 6.07) is 5.18. The molecule has 0 saturated carbocycles. The third-order valence-corrected chi connectivity index (χ3v) is 2.78. The fourth-order valence-corrected chi connectivity index (χ4v) is 1.72. The molecule has 0 amide bonds. The van der Waals surface area contributed by atoms with Crippen LogP contribution in [0.3, 0.4) is 0 Å². The first-order valence-corrected chi connectivity index (χ1v) is 6.03. The first-order valence-electron chi connectivity index (χ1n) is 6.03. The number of halogens is 1. The fraction of sp³-hybridized carbons (Fsp3) is 0.538. The molecule has 1 aliphatic heterocycles. The van der Waals surface area contributed by atoms with Crippen molar-refractivity contribution in [1.29, 1.82) is 0 Å². The summed E-state index contributed by atoms with van der Waals surface area (Å²) in [6.07, 6.45) is 0. The van der Waals surface area contributed by atoms with E-state index in [2.05, 4.69) is 5.32 Å². The van der Waals surface area contributed by atoms with E-state index in [1.54, 1.807) is 12.1 Å².